The third-order valence-corrected chi connectivity index (χ3v) is 5.24. The average Bonchev–Trinajstić information content (AvgIpc) is 3.29. The Hall–Kier alpha value is -3.26. The lowest BCUT2D eigenvalue weighted by Crippen LogP contribution is -2.37. The molecule has 0 saturated carbocycles. The minimum atomic E-state index is -0.516. The van der Waals surface area contributed by atoms with E-state index in [-0.39, 0.29) is 5.91 Å². The highest BCUT2D eigenvalue weighted by atomic mass is 32.2. The second kappa shape index (κ2) is 7.16. The van der Waals surface area contributed by atoms with Gasteiger partial charge in [0, 0.05) is 34.9 Å². The quantitative estimate of drug-likeness (QED) is 0.366. The molecule has 3 N–H and O–H groups in total. The average molecular weight is 381 g/mol. The summed E-state index contributed by atoms with van der Waals surface area (Å²) in [6, 6.07) is 16.9. The molecule has 0 aliphatic carbocycles. The number of carbonyl (C=O) groups excluding carboxylic acids is 1. The van der Waals surface area contributed by atoms with Gasteiger partial charge in [0.2, 0.25) is 11.6 Å². The zero-order chi connectivity index (χ0) is 18.8. The molecule has 1 atom stereocenters. The fraction of sp³-hybridized carbons (Fsp3) is 0.105. The molecule has 8 heteroatoms. The molecule has 4 aromatic rings. The van der Waals surface area contributed by atoms with Gasteiger partial charge in [0.05, 0.1) is 5.25 Å². The molecule has 1 unspecified atom stereocenters. The van der Waals surface area contributed by atoms with Crippen LogP contribution in [-0.4, -0.2) is 21.4 Å². The number of H-pyrrole nitrogens is 2. The molecular weight excluding hydrogens is 364 g/mol. The molecule has 1 amide bonds. The highest BCUT2D eigenvalue weighted by Crippen LogP contribution is 2.22. The first-order valence-electron chi connectivity index (χ1n) is 8.35. The van der Waals surface area contributed by atoms with Gasteiger partial charge in [-0.05, 0) is 52.9 Å². The Kier molecular flexibility index (Phi) is 4.55. The van der Waals surface area contributed by atoms with Crippen LogP contribution < -0.4 is 15.6 Å². The van der Waals surface area contributed by atoms with Crippen LogP contribution in [0.2, 0.25) is 0 Å². The highest BCUT2D eigenvalue weighted by Gasteiger charge is 2.28. The Morgan fingerprint density at radius 1 is 1.19 bits per heavy atom. The number of nitrogens with zero attached hydrogens (tertiary/aromatic N) is 1. The summed E-state index contributed by atoms with van der Waals surface area (Å²) < 4.78 is 6.45. The normalized spacial score (nSPS) is 12.2. The second-order valence-electron chi connectivity index (χ2n) is 5.99. The molecule has 27 heavy (non-hydrogen) atoms. The summed E-state index contributed by atoms with van der Waals surface area (Å²) in [6.45, 7) is 1.75. The maximum absolute atomic E-state index is 12.6. The SMILES string of the molecule is CC(Sc1c(=O)o[nH][n+]1-c1ccccc1)C(=O)Nc1ccc2[nH]ccc2c1. The lowest BCUT2D eigenvalue weighted by molar-refractivity contribution is -0.704. The third-order valence-electron chi connectivity index (χ3n) is 4.10. The Morgan fingerprint density at radius 2 is 2.00 bits per heavy atom. The molecule has 7 nitrogen and oxygen atoms in total. The molecule has 0 bridgehead atoms. The van der Waals surface area contributed by atoms with Crippen LogP contribution in [0.1, 0.15) is 6.92 Å². The van der Waals surface area contributed by atoms with Crippen molar-refractivity contribution in [3.8, 4) is 5.69 Å². The summed E-state index contributed by atoms with van der Waals surface area (Å²) >= 11 is 1.14. The molecular formula is C19H17N4O3S+. The zero-order valence-corrected chi connectivity index (χ0v) is 15.2. The number of aromatic amines is 2. The van der Waals surface area contributed by atoms with Crippen molar-refractivity contribution in [1.29, 1.82) is 0 Å². The number of rotatable bonds is 5. The van der Waals surface area contributed by atoms with Gasteiger partial charge in [0.25, 0.3) is 0 Å². The van der Waals surface area contributed by atoms with Crippen molar-refractivity contribution >= 4 is 34.3 Å². The first-order valence-corrected chi connectivity index (χ1v) is 9.23. The van der Waals surface area contributed by atoms with E-state index in [1.165, 1.54) is 4.68 Å². The fourth-order valence-corrected chi connectivity index (χ4v) is 3.59. The van der Waals surface area contributed by atoms with Crippen molar-refractivity contribution in [2.24, 2.45) is 0 Å². The molecule has 0 aliphatic rings. The summed E-state index contributed by atoms with van der Waals surface area (Å²) in [4.78, 5) is 27.8. The maximum atomic E-state index is 12.6. The minimum absolute atomic E-state index is 0.199. The number of hydrogen-bond acceptors (Lipinski definition) is 4. The molecule has 0 aliphatic heterocycles. The number of para-hydroxylation sites is 1. The predicted molar refractivity (Wildman–Crippen MR) is 103 cm³/mol. The highest BCUT2D eigenvalue weighted by molar-refractivity contribution is 8.00. The number of carbonyl (C=O) groups is 1. The van der Waals surface area contributed by atoms with Gasteiger partial charge in [-0.25, -0.2) is 4.79 Å². The summed E-state index contributed by atoms with van der Waals surface area (Å²) in [5.41, 5.74) is 1.94. The van der Waals surface area contributed by atoms with Crippen LogP contribution in [0, 0.1) is 0 Å². The van der Waals surface area contributed by atoms with Crippen molar-refractivity contribution in [3.63, 3.8) is 0 Å². The first kappa shape index (κ1) is 17.2. The number of nitrogens with one attached hydrogen (secondary N) is 3. The fourth-order valence-electron chi connectivity index (χ4n) is 2.71. The van der Waals surface area contributed by atoms with Crippen LogP contribution in [0.25, 0.3) is 16.6 Å². The largest absolute Gasteiger partial charge is 0.442 e. The van der Waals surface area contributed by atoms with Crippen molar-refractivity contribution in [2.45, 2.75) is 17.2 Å². The Bertz CT molecular complexity index is 1150. The van der Waals surface area contributed by atoms with Crippen LogP contribution in [0.3, 0.4) is 0 Å². The number of hydrogen-bond donors (Lipinski definition) is 3. The van der Waals surface area contributed by atoms with E-state index in [0.29, 0.717) is 10.7 Å². The molecule has 2 aromatic heterocycles. The predicted octanol–water partition coefficient (Wildman–Crippen LogP) is 2.85. The number of fused-ring (bicyclic) bond motifs is 1. The van der Waals surface area contributed by atoms with Gasteiger partial charge in [-0.3, -0.25) is 9.32 Å². The van der Waals surface area contributed by atoms with Crippen molar-refractivity contribution < 1.29 is 14.0 Å². The number of aromatic nitrogens is 3. The number of benzene rings is 2. The lowest BCUT2D eigenvalue weighted by atomic mass is 10.2. The molecule has 4 rings (SSSR count). The topological polar surface area (TPSA) is 94.8 Å². The third kappa shape index (κ3) is 3.52. The number of anilines is 1. The van der Waals surface area contributed by atoms with Crippen LogP contribution in [0.15, 0.2) is 75.1 Å². The smallest absolute Gasteiger partial charge is 0.361 e. The van der Waals surface area contributed by atoms with Crippen molar-refractivity contribution in [3.05, 3.63) is 71.2 Å². The Labute approximate surface area is 158 Å². The molecule has 136 valence electrons. The van der Waals surface area contributed by atoms with E-state index < -0.39 is 10.9 Å². The molecule has 0 radical (unpaired) electrons. The van der Waals surface area contributed by atoms with E-state index >= 15 is 0 Å². The lowest BCUT2D eigenvalue weighted by Gasteiger charge is -2.09. The standard InChI is InChI=1S/C19H16N4O3S/c1-12(17(24)21-14-7-8-16-13(11-14)9-10-20-16)27-18-19(25)26-22-23(18)15-5-3-2-4-6-15/h2-12,22,25H,1H3/p+1. The van der Waals surface area contributed by atoms with E-state index in [4.69, 9.17) is 4.52 Å². The Balaban J connectivity index is 1.52. The van der Waals surface area contributed by atoms with E-state index in [1.807, 2.05) is 60.8 Å². The van der Waals surface area contributed by atoms with Gasteiger partial charge < -0.3 is 10.3 Å². The maximum Gasteiger partial charge on any atom is 0.442 e. The van der Waals surface area contributed by atoms with E-state index in [2.05, 4.69) is 15.6 Å². The summed E-state index contributed by atoms with van der Waals surface area (Å²) in [5.74, 6) is -0.199. The molecule has 0 fully saturated rings. The number of amides is 1. The van der Waals surface area contributed by atoms with Gasteiger partial charge in [-0.15, -0.1) is 0 Å². The van der Waals surface area contributed by atoms with Crippen LogP contribution in [-0.2, 0) is 4.79 Å². The number of thioether (sulfide) groups is 1. The minimum Gasteiger partial charge on any atom is -0.361 e. The Morgan fingerprint density at radius 3 is 2.81 bits per heavy atom. The van der Waals surface area contributed by atoms with Gasteiger partial charge in [-0.1, -0.05) is 18.2 Å². The van der Waals surface area contributed by atoms with Gasteiger partial charge in [0.1, 0.15) is 0 Å². The summed E-state index contributed by atoms with van der Waals surface area (Å²) in [6.07, 6.45) is 1.85. The zero-order valence-electron chi connectivity index (χ0n) is 14.4. The van der Waals surface area contributed by atoms with Crippen LogP contribution in [0.4, 0.5) is 5.69 Å². The molecule has 2 heterocycles. The van der Waals surface area contributed by atoms with Gasteiger partial charge in [-0.2, -0.15) is 0 Å². The first-order chi connectivity index (χ1) is 13.1. The van der Waals surface area contributed by atoms with Gasteiger partial charge >= 0.3 is 10.7 Å². The van der Waals surface area contributed by atoms with Crippen LogP contribution in [0.5, 0.6) is 0 Å². The summed E-state index contributed by atoms with van der Waals surface area (Å²) in [7, 11) is 0. The summed E-state index contributed by atoms with van der Waals surface area (Å²) in [5, 5.41) is 6.29. The van der Waals surface area contributed by atoms with E-state index in [0.717, 1.165) is 28.4 Å². The van der Waals surface area contributed by atoms with Crippen LogP contribution >= 0.6 is 11.8 Å². The molecule has 0 saturated heterocycles. The van der Waals surface area contributed by atoms with Gasteiger partial charge in [0.15, 0.2) is 0 Å². The molecule has 2 aromatic carbocycles. The van der Waals surface area contributed by atoms with Crippen molar-refractivity contribution in [1.82, 2.24) is 10.3 Å². The van der Waals surface area contributed by atoms with Crippen molar-refractivity contribution in [2.75, 3.05) is 5.32 Å². The monoisotopic (exact) mass is 381 g/mol. The second-order valence-corrected chi connectivity index (χ2v) is 7.32. The van der Waals surface area contributed by atoms with E-state index in [9.17, 15) is 9.59 Å². The molecule has 0 spiro atoms. The van der Waals surface area contributed by atoms with E-state index in [1.54, 1.807) is 6.92 Å².